The summed E-state index contributed by atoms with van der Waals surface area (Å²) in [4.78, 5) is 25.8. The molecule has 0 aliphatic carbocycles. The number of β-amino-alcohol motifs (C(OH)–C–C–N with tert-alkyl or cyclic N) is 1. The minimum Gasteiger partial charge on any atom is -0.391 e. The van der Waals surface area contributed by atoms with Crippen molar-refractivity contribution in [1.29, 1.82) is 0 Å². The Bertz CT molecular complexity index is 680. The average Bonchev–Trinajstić information content (AvgIpc) is 2.67. The standard InChI is InChI=1S/C21H28N2O4/c1-2-19(25)22-17-6-3-16(4-7-17)5-8-20(26)23-14-18(24)13-21(15-23)9-11-27-12-10-21/h2-4,6-7,18,24H,1,5,8-15H2,(H,22,25). The number of benzene rings is 1. The van der Waals surface area contributed by atoms with E-state index in [4.69, 9.17) is 4.74 Å². The summed E-state index contributed by atoms with van der Waals surface area (Å²) in [5, 5.41) is 13.0. The van der Waals surface area contributed by atoms with Gasteiger partial charge in [-0.15, -0.1) is 0 Å². The van der Waals surface area contributed by atoms with Crippen molar-refractivity contribution in [3.63, 3.8) is 0 Å². The molecule has 1 atom stereocenters. The van der Waals surface area contributed by atoms with Crippen LogP contribution in [0, 0.1) is 5.41 Å². The number of aryl methyl sites for hydroxylation is 1. The third-order valence-electron chi connectivity index (χ3n) is 5.57. The number of hydrogen-bond donors (Lipinski definition) is 2. The molecule has 2 N–H and O–H groups in total. The van der Waals surface area contributed by atoms with Gasteiger partial charge >= 0.3 is 0 Å². The molecular formula is C21H28N2O4. The Morgan fingerprint density at radius 3 is 2.67 bits per heavy atom. The summed E-state index contributed by atoms with van der Waals surface area (Å²) in [5.41, 5.74) is 1.75. The predicted octanol–water partition coefficient (Wildman–Crippen LogP) is 2.13. The first kappa shape index (κ1) is 19.6. The fourth-order valence-corrected chi connectivity index (χ4v) is 4.07. The fraction of sp³-hybridized carbons (Fsp3) is 0.524. The number of nitrogens with one attached hydrogen (secondary N) is 1. The number of anilines is 1. The Morgan fingerprint density at radius 2 is 2.00 bits per heavy atom. The van der Waals surface area contributed by atoms with Crippen LogP contribution in [0.2, 0.25) is 0 Å². The van der Waals surface area contributed by atoms with Crippen molar-refractivity contribution in [2.45, 2.75) is 38.2 Å². The van der Waals surface area contributed by atoms with Crippen LogP contribution in [0.25, 0.3) is 0 Å². The van der Waals surface area contributed by atoms with Crippen LogP contribution >= 0.6 is 0 Å². The Morgan fingerprint density at radius 1 is 1.30 bits per heavy atom. The highest BCUT2D eigenvalue weighted by atomic mass is 16.5. The zero-order chi connectivity index (χ0) is 19.3. The topological polar surface area (TPSA) is 78.9 Å². The second-order valence-corrected chi connectivity index (χ2v) is 7.63. The molecule has 1 unspecified atom stereocenters. The number of carbonyl (C=O) groups is 2. The van der Waals surface area contributed by atoms with Crippen molar-refractivity contribution >= 4 is 17.5 Å². The van der Waals surface area contributed by atoms with Crippen molar-refractivity contribution in [3.05, 3.63) is 42.5 Å². The smallest absolute Gasteiger partial charge is 0.247 e. The molecule has 1 spiro atoms. The van der Waals surface area contributed by atoms with Gasteiger partial charge in [-0.05, 0) is 54.9 Å². The van der Waals surface area contributed by atoms with Crippen molar-refractivity contribution in [3.8, 4) is 0 Å². The van der Waals surface area contributed by atoms with Crippen LogP contribution in [0.15, 0.2) is 36.9 Å². The third kappa shape index (κ3) is 5.17. The molecule has 6 heteroatoms. The van der Waals surface area contributed by atoms with Crippen molar-refractivity contribution in [1.82, 2.24) is 4.90 Å². The van der Waals surface area contributed by atoms with Gasteiger partial charge in [-0.2, -0.15) is 0 Å². The van der Waals surface area contributed by atoms with Gasteiger partial charge in [0.2, 0.25) is 11.8 Å². The lowest BCUT2D eigenvalue weighted by atomic mass is 9.73. The first-order valence-electron chi connectivity index (χ1n) is 9.56. The summed E-state index contributed by atoms with van der Waals surface area (Å²) in [7, 11) is 0. The molecule has 2 saturated heterocycles. The van der Waals surface area contributed by atoms with Crippen molar-refractivity contribution in [2.75, 3.05) is 31.6 Å². The number of nitrogens with zero attached hydrogens (tertiary/aromatic N) is 1. The molecule has 0 aromatic heterocycles. The Balaban J connectivity index is 1.53. The van der Waals surface area contributed by atoms with Crippen LogP contribution in [-0.2, 0) is 20.7 Å². The van der Waals surface area contributed by atoms with Crippen LogP contribution in [0.5, 0.6) is 0 Å². The van der Waals surface area contributed by atoms with Gasteiger partial charge in [-0.3, -0.25) is 9.59 Å². The molecule has 1 aromatic carbocycles. The van der Waals surface area contributed by atoms with Crippen LogP contribution in [-0.4, -0.2) is 54.2 Å². The molecule has 2 aliphatic heterocycles. The number of carbonyl (C=O) groups excluding carboxylic acids is 2. The van der Waals surface area contributed by atoms with E-state index in [1.165, 1.54) is 6.08 Å². The maximum Gasteiger partial charge on any atom is 0.247 e. The summed E-state index contributed by atoms with van der Waals surface area (Å²) in [6.07, 6.45) is 4.41. The molecule has 3 rings (SSSR count). The van der Waals surface area contributed by atoms with E-state index in [1.807, 2.05) is 29.2 Å². The molecule has 2 heterocycles. The van der Waals surface area contributed by atoms with E-state index in [9.17, 15) is 14.7 Å². The van der Waals surface area contributed by atoms with Gasteiger partial charge in [0, 0.05) is 38.4 Å². The van der Waals surface area contributed by atoms with E-state index in [-0.39, 0.29) is 17.2 Å². The number of piperidine rings is 1. The van der Waals surface area contributed by atoms with Gasteiger partial charge in [0.25, 0.3) is 0 Å². The monoisotopic (exact) mass is 372 g/mol. The molecule has 0 saturated carbocycles. The molecule has 0 bridgehead atoms. The molecular weight excluding hydrogens is 344 g/mol. The highest BCUT2D eigenvalue weighted by Gasteiger charge is 2.41. The first-order valence-corrected chi connectivity index (χ1v) is 9.56. The third-order valence-corrected chi connectivity index (χ3v) is 5.57. The number of likely N-dealkylation sites (tertiary alicyclic amines) is 1. The van der Waals surface area contributed by atoms with Crippen LogP contribution in [0.1, 0.15) is 31.2 Å². The highest BCUT2D eigenvalue weighted by molar-refractivity contribution is 5.98. The maximum absolute atomic E-state index is 12.7. The molecule has 6 nitrogen and oxygen atoms in total. The summed E-state index contributed by atoms with van der Waals surface area (Å²) in [5.74, 6) is -0.160. The van der Waals surface area contributed by atoms with E-state index in [0.29, 0.717) is 38.3 Å². The van der Waals surface area contributed by atoms with Crippen molar-refractivity contribution in [2.24, 2.45) is 5.41 Å². The number of ether oxygens (including phenoxy) is 1. The van der Waals surface area contributed by atoms with Gasteiger partial charge in [-0.25, -0.2) is 0 Å². The van der Waals surface area contributed by atoms with Gasteiger partial charge in [0.15, 0.2) is 0 Å². The fourth-order valence-electron chi connectivity index (χ4n) is 4.07. The molecule has 2 amide bonds. The van der Waals surface area contributed by atoms with E-state index in [1.54, 1.807) is 0 Å². The molecule has 1 aromatic rings. The maximum atomic E-state index is 12.7. The normalized spacial score (nSPS) is 21.7. The Hall–Kier alpha value is -2.18. The largest absolute Gasteiger partial charge is 0.391 e. The van der Waals surface area contributed by atoms with E-state index in [0.717, 1.165) is 31.4 Å². The quantitative estimate of drug-likeness (QED) is 0.776. The van der Waals surface area contributed by atoms with Crippen LogP contribution in [0.4, 0.5) is 5.69 Å². The van der Waals surface area contributed by atoms with Gasteiger partial charge in [0.1, 0.15) is 0 Å². The summed E-state index contributed by atoms with van der Waals surface area (Å²) in [6.45, 7) is 5.99. The number of aliphatic hydroxyl groups is 1. The van der Waals surface area contributed by atoms with Gasteiger partial charge in [0.05, 0.1) is 6.10 Å². The van der Waals surface area contributed by atoms with E-state index in [2.05, 4.69) is 11.9 Å². The number of aliphatic hydroxyl groups excluding tert-OH is 1. The van der Waals surface area contributed by atoms with Gasteiger partial charge < -0.3 is 20.1 Å². The van der Waals surface area contributed by atoms with Crippen molar-refractivity contribution < 1.29 is 19.4 Å². The second kappa shape index (κ2) is 8.67. The Labute approximate surface area is 160 Å². The molecule has 27 heavy (non-hydrogen) atoms. The minimum atomic E-state index is -0.450. The average molecular weight is 372 g/mol. The lowest BCUT2D eigenvalue weighted by Gasteiger charge is -2.47. The molecule has 2 aliphatic rings. The van der Waals surface area contributed by atoms with Crippen LogP contribution in [0.3, 0.4) is 0 Å². The summed E-state index contributed by atoms with van der Waals surface area (Å²) in [6, 6.07) is 7.47. The number of amides is 2. The van der Waals surface area contributed by atoms with Gasteiger partial charge in [-0.1, -0.05) is 18.7 Å². The number of rotatable bonds is 5. The second-order valence-electron chi connectivity index (χ2n) is 7.63. The summed E-state index contributed by atoms with van der Waals surface area (Å²) < 4.78 is 5.46. The van der Waals surface area contributed by atoms with E-state index >= 15 is 0 Å². The summed E-state index contributed by atoms with van der Waals surface area (Å²) >= 11 is 0. The van der Waals surface area contributed by atoms with E-state index < -0.39 is 6.10 Å². The molecule has 2 fully saturated rings. The lowest BCUT2D eigenvalue weighted by Crippen LogP contribution is -2.53. The first-order chi connectivity index (χ1) is 13.0. The highest BCUT2D eigenvalue weighted by Crippen LogP contribution is 2.39. The minimum absolute atomic E-state index is 0.0105. The number of hydrogen-bond acceptors (Lipinski definition) is 4. The predicted molar refractivity (Wildman–Crippen MR) is 103 cm³/mol. The zero-order valence-electron chi connectivity index (χ0n) is 15.7. The lowest BCUT2D eigenvalue weighted by molar-refractivity contribution is -0.142. The SMILES string of the molecule is C=CC(=O)Nc1ccc(CCC(=O)N2CC(O)CC3(CCOCC3)C2)cc1. The van der Waals surface area contributed by atoms with Crippen LogP contribution < -0.4 is 5.32 Å². The molecule has 146 valence electrons. The Kier molecular flexibility index (Phi) is 6.29. The zero-order valence-corrected chi connectivity index (χ0v) is 15.7. The molecule has 0 radical (unpaired) electrons.